The number of hydrogen-bond acceptors (Lipinski definition) is 4. The summed E-state index contributed by atoms with van der Waals surface area (Å²) >= 11 is 2.99. The summed E-state index contributed by atoms with van der Waals surface area (Å²) < 4.78 is 31.2. The molecule has 1 aromatic rings. The van der Waals surface area contributed by atoms with E-state index in [2.05, 4.69) is 30.6 Å². The van der Waals surface area contributed by atoms with Gasteiger partial charge in [0.1, 0.15) is 0 Å². The van der Waals surface area contributed by atoms with Gasteiger partial charge in [0.2, 0.25) is 5.82 Å². The molecule has 1 rings (SSSR count). The van der Waals surface area contributed by atoms with Crippen LogP contribution in [0.4, 0.5) is 8.78 Å². The van der Waals surface area contributed by atoms with Crippen molar-refractivity contribution in [2.75, 3.05) is 6.61 Å². The van der Waals surface area contributed by atoms with E-state index in [0.717, 1.165) is 12.4 Å². The van der Waals surface area contributed by atoms with Crippen molar-refractivity contribution >= 4 is 21.9 Å². The lowest BCUT2D eigenvalue weighted by Gasteiger charge is -2.12. The highest BCUT2D eigenvalue weighted by atomic mass is 79.9. The molecule has 0 aliphatic rings. The van der Waals surface area contributed by atoms with Crippen LogP contribution in [-0.2, 0) is 15.5 Å². The lowest BCUT2D eigenvalue weighted by Crippen LogP contribution is -2.30. The minimum Gasteiger partial charge on any atom is -0.461 e. The van der Waals surface area contributed by atoms with Gasteiger partial charge in [-0.1, -0.05) is 0 Å². The normalized spacial score (nSPS) is 11.2. The third kappa shape index (κ3) is 2.68. The Morgan fingerprint density at radius 3 is 2.53 bits per heavy atom. The van der Waals surface area contributed by atoms with Crippen LogP contribution in [0.1, 0.15) is 12.7 Å². The van der Waals surface area contributed by atoms with Crippen LogP contribution in [0.25, 0.3) is 0 Å². The van der Waals surface area contributed by atoms with E-state index < -0.39 is 17.7 Å². The number of carbonyl (C=O) groups is 1. The first kappa shape index (κ1) is 12.0. The number of carbonyl (C=O) groups excluding carboxylic acids is 1. The Balaban J connectivity index is 2.94. The second-order valence-corrected chi connectivity index (χ2v) is 3.44. The van der Waals surface area contributed by atoms with Crippen LogP contribution in [0.5, 0.6) is 0 Å². The molecule has 0 unspecified atom stereocenters. The lowest BCUT2D eigenvalue weighted by molar-refractivity contribution is -0.174. The van der Waals surface area contributed by atoms with E-state index in [0.29, 0.717) is 4.47 Å². The zero-order chi connectivity index (χ0) is 11.5. The van der Waals surface area contributed by atoms with Crippen molar-refractivity contribution in [1.82, 2.24) is 9.97 Å². The van der Waals surface area contributed by atoms with Gasteiger partial charge in [-0.05, 0) is 22.9 Å². The first-order chi connectivity index (χ1) is 6.98. The molecule has 0 N–H and O–H groups in total. The van der Waals surface area contributed by atoms with Crippen molar-refractivity contribution in [1.29, 1.82) is 0 Å². The molecule has 0 aliphatic heterocycles. The van der Waals surface area contributed by atoms with Crippen molar-refractivity contribution in [3.8, 4) is 0 Å². The number of alkyl halides is 2. The monoisotopic (exact) mass is 280 g/mol. The molecule has 15 heavy (non-hydrogen) atoms. The molecule has 0 bridgehead atoms. The maximum absolute atomic E-state index is 13.3. The average molecular weight is 281 g/mol. The van der Waals surface area contributed by atoms with Gasteiger partial charge in [0, 0.05) is 12.4 Å². The Labute approximate surface area is 92.8 Å². The minimum absolute atomic E-state index is 0.120. The number of nitrogens with zero attached hydrogens (tertiary/aromatic N) is 2. The van der Waals surface area contributed by atoms with E-state index in [1.807, 2.05) is 0 Å². The third-order valence-corrected chi connectivity index (χ3v) is 1.84. The highest BCUT2D eigenvalue weighted by Gasteiger charge is 2.45. The Morgan fingerprint density at radius 1 is 1.53 bits per heavy atom. The number of aromatic nitrogens is 2. The molecule has 7 heteroatoms. The molecule has 0 amide bonds. The first-order valence-electron chi connectivity index (χ1n) is 4.01. The Kier molecular flexibility index (Phi) is 3.67. The van der Waals surface area contributed by atoms with E-state index in [4.69, 9.17) is 0 Å². The Morgan fingerprint density at radius 2 is 2.07 bits per heavy atom. The number of ether oxygens (including phenoxy) is 1. The van der Waals surface area contributed by atoms with Crippen LogP contribution in [0.2, 0.25) is 0 Å². The van der Waals surface area contributed by atoms with Crippen molar-refractivity contribution in [3.63, 3.8) is 0 Å². The predicted octanol–water partition coefficient (Wildman–Crippen LogP) is 1.89. The highest BCUT2D eigenvalue weighted by Crippen LogP contribution is 2.26. The topological polar surface area (TPSA) is 52.1 Å². The molecule has 0 atom stereocenters. The molecule has 1 aromatic heterocycles. The molecule has 82 valence electrons. The van der Waals surface area contributed by atoms with Crippen LogP contribution in [0.15, 0.2) is 16.9 Å². The van der Waals surface area contributed by atoms with Crippen LogP contribution in [0.3, 0.4) is 0 Å². The summed E-state index contributed by atoms with van der Waals surface area (Å²) in [7, 11) is 0. The summed E-state index contributed by atoms with van der Waals surface area (Å²) in [6.07, 6.45) is 2.27. The summed E-state index contributed by atoms with van der Waals surface area (Å²) in [5, 5.41) is 0. The van der Waals surface area contributed by atoms with Gasteiger partial charge < -0.3 is 4.74 Å². The Hall–Kier alpha value is -1.11. The first-order valence-corrected chi connectivity index (χ1v) is 4.80. The number of halogens is 3. The van der Waals surface area contributed by atoms with Gasteiger partial charge in [0.15, 0.2) is 0 Å². The lowest BCUT2D eigenvalue weighted by atomic mass is 10.3. The SMILES string of the molecule is CCOC(=O)C(F)(F)c1ncc(Br)cn1. The van der Waals surface area contributed by atoms with Gasteiger partial charge >= 0.3 is 11.9 Å². The van der Waals surface area contributed by atoms with Gasteiger partial charge in [-0.2, -0.15) is 8.78 Å². The molecular weight excluding hydrogens is 274 g/mol. The van der Waals surface area contributed by atoms with E-state index in [1.165, 1.54) is 6.92 Å². The van der Waals surface area contributed by atoms with E-state index in [9.17, 15) is 13.6 Å². The summed E-state index contributed by atoms with van der Waals surface area (Å²) in [6, 6.07) is 0. The predicted molar refractivity (Wildman–Crippen MR) is 50.3 cm³/mol. The fourth-order valence-corrected chi connectivity index (χ4v) is 0.992. The molecule has 0 aromatic carbocycles. The van der Waals surface area contributed by atoms with Crippen molar-refractivity contribution in [2.45, 2.75) is 12.8 Å². The minimum atomic E-state index is -3.81. The molecule has 4 nitrogen and oxygen atoms in total. The van der Waals surface area contributed by atoms with Crippen molar-refractivity contribution < 1.29 is 18.3 Å². The van der Waals surface area contributed by atoms with E-state index >= 15 is 0 Å². The van der Waals surface area contributed by atoms with Gasteiger partial charge in [-0.15, -0.1) is 0 Å². The van der Waals surface area contributed by atoms with Crippen molar-refractivity contribution in [2.24, 2.45) is 0 Å². The summed E-state index contributed by atoms with van der Waals surface area (Å²) in [5.74, 6) is -6.33. The quantitative estimate of drug-likeness (QED) is 0.794. The van der Waals surface area contributed by atoms with E-state index in [1.54, 1.807) is 0 Å². The second-order valence-electron chi connectivity index (χ2n) is 2.52. The fourth-order valence-electron chi connectivity index (χ4n) is 0.787. The Bertz CT molecular complexity index is 356. The molecule has 0 fully saturated rings. The third-order valence-electron chi connectivity index (χ3n) is 1.43. The van der Waals surface area contributed by atoms with Gasteiger partial charge in [-0.3, -0.25) is 0 Å². The van der Waals surface area contributed by atoms with Crippen LogP contribution >= 0.6 is 15.9 Å². The molecule has 0 saturated heterocycles. The second kappa shape index (κ2) is 4.61. The van der Waals surface area contributed by atoms with Gasteiger partial charge in [-0.25, -0.2) is 14.8 Å². The largest absolute Gasteiger partial charge is 0.461 e. The summed E-state index contributed by atoms with van der Waals surface area (Å²) in [5.41, 5.74) is 0. The summed E-state index contributed by atoms with van der Waals surface area (Å²) in [6.45, 7) is 1.32. The van der Waals surface area contributed by atoms with Crippen molar-refractivity contribution in [3.05, 3.63) is 22.7 Å². The molecular formula is C8H7BrF2N2O2. The standard InChI is InChI=1S/C8H7BrF2N2O2/c1-2-15-7(14)8(10,11)6-12-3-5(9)4-13-6/h3-4H,2H2,1H3. The molecule has 0 spiro atoms. The maximum atomic E-state index is 13.3. The number of hydrogen-bond donors (Lipinski definition) is 0. The summed E-state index contributed by atoms with van der Waals surface area (Å²) in [4.78, 5) is 17.6. The maximum Gasteiger partial charge on any atom is 0.401 e. The van der Waals surface area contributed by atoms with E-state index in [-0.39, 0.29) is 6.61 Å². The van der Waals surface area contributed by atoms with Crippen LogP contribution < -0.4 is 0 Å². The molecule has 0 saturated carbocycles. The van der Waals surface area contributed by atoms with Crippen LogP contribution in [0, 0.1) is 0 Å². The van der Waals surface area contributed by atoms with Crippen LogP contribution in [-0.4, -0.2) is 22.5 Å². The van der Waals surface area contributed by atoms with Gasteiger partial charge in [0.05, 0.1) is 11.1 Å². The fraction of sp³-hybridized carbons (Fsp3) is 0.375. The molecule has 1 heterocycles. The number of esters is 1. The number of rotatable bonds is 3. The molecule has 0 radical (unpaired) electrons. The zero-order valence-electron chi connectivity index (χ0n) is 7.71. The van der Waals surface area contributed by atoms with Gasteiger partial charge in [0.25, 0.3) is 0 Å². The zero-order valence-corrected chi connectivity index (χ0v) is 9.29. The molecule has 0 aliphatic carbocycles. The smallest absolute Gasteiger partial charge is 0.401 e. The average Bonchev–Trinajstić information content (AvgIpc) is 2.18. The highest BCUT2D eigenvalue weighted by molar-refractivity contribution is 9.10.